The zero-order valence-corrected chi connectivity index (χ0v) is 11.9. The van der Waals surface area contributed by atoms with Gasteiger partial charge in [-0.3, -0.25) is 0 Å². The Morgan fingerprint density at radius 1 is 1.06 bits per heavy atom. The normalized spacial score (nSPS) is 14.0. The van der Waals surface area contributed by atoms with E-state index in [1.54, 1.807) is 14.0 Å². The van der Waals surface area contributed by atoms with Gasteiger partial charge in [0.05, 0.1) is 7.11 Å². The Labute approximate surface area is 115 Å². The van der Waals surface area contributed by atoms with Crippen LogP contribution in [0.5, 0.6) is 5.75 Å². The summed E-state index contributed by atoms with van der Waals surface area (Å²) in [5.41, 5.74) is 0.512. The summed E-state index contributed by atoms with van der Waals surface area (Å²) in [6.45, 7) is 1.77. The van der Waals surface area contributed by atoms with E-state index in [-0.39, 0.29) is 0 Å². The van der Waals surface area contributed by atoms with Gasteiger partial charge >= 0.3 is 0 Å². The van der Waals surface area contributed by atoms with Crippen molar-refractivity contribution in [1.82, 2.24) is 0 Å². The molecule has 1 N–H and O–H groups in total. The van der Waals surface area contributed by atoms with Gasteiger partial charge in [0, 0.05) is 10.0 Å². The number of para-hydroxylation sites is 1. The van der Waals surface area contributed by atoms with E-state index in [1.807, 2.05) is 48.5 Å². The van der Waals surface area contributed by atoms with Gasteiger partial charge < -0.3 is 9.84 Å². The van der Waals surface area contributed by atoms with Gasteiger partial charge in [0.2, 0.25) is 0 Å². The summed E-state index contributed by atoms with van der Waals surface area (Å²) < 4.78 is 6.30. The SMILES string of the molecule is COc1ccccc1C(C)(O)c1ccc(Br)cc1. The van der Waals surface area contributed by atoms with Gasteiger partial charge in [-0.05, 0) is 30.7 Å². The highest BCUT2D eigenvalue weighted by molar-refractivity contribution is 9.10. The summed E-state index contributed by atoms with van der Waals surface area (Å²) >= 11 is 3.39. The summed E-state index contributed by atoms with van der Waals surface area (Å²) in [5, 5.41) is 10.8. The van der Waals surface area contributed by atoms with Crippen molar-refractivity contribution in [2.75, 3.05) is 7.11 Å². The van der Waals surface area contributed by atoms with Gasteiger partial charge in [0.15, 0.2) is 0 Å². The third kappa shape index (κ3) is 2.42. The standard InChI is InChI=1S/C15H15BrO2/c1-15(17,11-7-9-12(16)10-8-11)13-5-3-4-6-14(13)18-2/h3-10,17H,1-2H3. The van der Waals surface area contributed by atoms with Crippen molar-refractivity contribution in [3.8, 4) is 5.75 Å². The lowest BCUT2D eigenvalue weighted by atomic mass is 9.88. The van der Waals surface area contributed by atoms with Crippen LogP contribution >= 0.6 is 15.9 Å². The molecule has 2 rings (SSSR count). The molecule has 0 spiro atoms. The first-order valence-electron chi connectivity index (χ1n) is 5.67. The summed E-state index contributed by atoms with van der Waals surface area (Å²) in [4.78, 5) is 0. The summed E-state index contributed by atoms with van der Waals surface area (Å²) in [6, 6.07) is 15.1. The highest BCUT2D eigenvalue weighted by Gasteiger charge is 2.28. The minimum atomic E-state index is -1.08. The van der Waals surface area contributed by atoms with E-state index in [1.165, 1.54) is 0 Å². The van der Waals surface area contributed by atoms with Crippen molar-refractivity contribution >= 4 is 15.9 Å². The Morgan fingerprint density at radius 3 is 2.28 bits per heavy atom. The molecule has 18 heavy (non-hydrogen) atoms. The average Bonchev–Trinajstić information content (AvgIpc) is 2.39. The van der Waals surface area contributed by atoms with Crippen molar-refractivity contribution in [2.45, 2.75) is 12.5 Å². The van der Waals surface area contributed by atoms with Gasteiger partial charge in [-0.1, -0.05) is 46.3 Å². The predicted molar refractivity (Wildman–Crippen MR) is 75.8 cm³/mol. The largest absolute Gasteiger partial charge is 0.496 e. The second-order valence-corrected chi connectivity index (χ2v) is 5.20. The van der Waals surface area contributed by atoms with Crippen LogP contribution in [0.15, 0.2) is 53.0 Å². The van der Waals surface area contributed by atoms with Crippen LogP contribution in [0.25, 0.3) is 0 Å². The number of benzene rings is 2. The Hall–Kier alpha value is -1.32. The maximum absolute atomic E-state index is 10.8. The number of halogens is 1. The van der Waals surface area contributed by atoms with Crippen LogP contribution in [0.3, 0.4) is 0 Å². The van der Waals surface area contributed by atoms with Gasteiger partial charge in [0.1, 0.15) is 11.4 Å². The molecule has 0 aliphatic heterocycles. The molecule has 0 saturated carbocycles. The first kappa shape index (κ1) is 13.1. The van der Waals surface area contributed by atoms with Crippen LogP contribution in [0, 0.1) is 0 Å². The molecule has 0 heterocycles. The third-order valence-corrected chi connectivity index (χ3v) is 3.57. The van der Waals surface area contributed by atoms with Crippen molar-refractivity contribution in [2.24, 2.45) is 0 Å². The maximum Gasteiger partial charge on any atom is 0.125 e. The molecule has 1 atom stereocenters. The van der Waals surface area contributed by atoms with Gasteiger partial charge in [-0.15, -0.1) is 0 Å². The van der Waals surface area contributed by atoms with E-state index < -0.39 is 5.60 Å². The quantitative estimate of drug-likeness (QED) is 0.936. The van der Waals surface area contributed by atoms with E-state index in [4.69, 9.17) is 4.74 Å². The van der Waals surface area contributed by atoms with E-state index in [9.17, 15) is 5.11 Å². The molecule has 0 radical (unpaired) electrons. The number of methoxy groups -OCH3 is 1. The lowest BCUT2D eigenvalue weighted by Crippen LogP contribution is -2.23. The zero-order valence-electron chi connectivity index (χ0n) is 10.4. The Kier molecular flexibility index (Phi) is 3.73. The van der Waals surface area contributed by atoms with Crippen LogP contribution in [0.2, 0.25) is 0 Å². The Bertz CT molecular complexity index is 532. The van der Waals surface area contributed by atoms with Crippen LogP contribution in [0.1, 0.15) is 18.1 Å². The van der Waals surface area contributed by atoms with Crippen LogP contribution in [0.4, 0.5) is 0 Å². The predicted octanol–water partition coefficient (Wildman–Crippen LogP) is 3.71. The van der Waals surface area contributed by atoms with Crippen molar-refractivity contribution in [3.05, 3.63) is 64.1 Å². The number of rotatable bonds is 3. The lowest BCUT2D eigenvalue weighted by Gasteiger charge is -2.26. The molecule has 0 aliphatic rings. The fourth-order valence-corrected chi connectivity index (χ4v) is 2.24. The molecular formula is C15H15BrO2. The summed E-state index contributed by atoms with van der Waals surface area (Å²) in [6.07, 6.45) is 0. The second-order valence-electron chi connectivity index (χ2n) is 4.28. The molecule has 0 aromatic heterocycles. The van der Waals surface area contributed by atoms with Crippen molar-refractivity contribution in [3.63, 3.8) is 0 Å². The maximum atomic E-state index is 10.8. The smallest absolute Gasteiger partial charge is 0.125 e. The van der Waals surface area contributed by atoms with Crippen LogP contribution in [-0.4, -0.2) is 12.2 Å². The number of hydrogen-bond donors (Lipinski definition) is 1. The molecule has 2 aromatic carbocycles. The minimum absolute atomic E-state index is 0.686. The topological polar surface area (TPSA) is 29.5 Å². The molecule has 0 amide bonds. The summed E-state index contributed by atoms with van der Waals surface area (Å²) in [7, 11) is 1.61. The summed E-state index contributed by atoms with van der Waals surface area (Å²) in [5.74, 6) is 0.686. The first-order valence-corrected chi connectivity index (χ1v) is 6.47. The van der Waals surface area contributed by atoms with Gasteiger partial charge in [-0.25, -0.2) is 0 Å². The molecule has 0 fully saturated rings. The van der Waals surface area contributed by atoms with Crippen LogP contribution in [-0.2, 0) is 5.60 Å². The molecule has 3 heteroatoms. The number of ether oxygens (including phenoxy) is 1. The Balaban J connectivity index is 2.50. The first-order chi connectivity index (χ1) is 8.55. The van der Waals surface area contributed by atoms with E-state index in [0.29, 0.717) is 5.75 Å². The average molecular weight is 307 g/mol. The number of hydrogen-bond acceptors (Lipinski definition) is 2. The molecule has 2 nitrogen and oxygen atoms in total. The number of aliphatic hydroxyl groups is 1. The molecule has 2 aromatic rings. The molecule has 1 unspecified atom stereocenters. The molecule has 0 saturated heterocycles. The van der Waals surface area contributed by atoms with Crippen molar-refractivity contribution < 1.29 is 9.84 Å². The monoisotopic (exact) mass is 306 g/mol. The van der Waals surface area contributed by atoms with E-state index in [0.717, 1.165) is 15.6 Å². The van der Waals surface area contributed by atoms with E-state index in [2.05, 4.69) is 15.9 Å². The third-order valence-electron chi connectivity index (χ3n) is 3.04. The highest BCUT2D eigenvalue weighted by Crippen LogP contribution is 2.35. The highest BCUT2D eigenvalue weighted by atomic mass is 79.9. The minimum Gasteiger partial charge on any atom is -0.496 e. The van der Waals surface area contributed by atoms with Crippen molar-refractivity contribution in [1.29, 1.82) is 0 Å². The Morgan fingerprint density at radius 2 is 1.67 bits per heavy atom. The zero-order chi connectivity index (χ0) is 13.2. The van der Waals surface area contributed by atoms with E-state index >= 15 is 0 Å². The van der Waals surface area contributed by atoms with Crippen LogP contribution < -0.4 is 4.74 Å². The molecule has 0 aliphatic carbocycles. The van der Waals surface area contributed by atoms with Gasteiger partial charge in [-0.2, -0.15) is 0 Å². The molecule has 94 valence electrons. The lowest BCUT2D eigenvalue weighted by molar-refractivity contribution is 0.0989. The second kappa shape index (κ2) is 5.12. The molecule has 0 bridgehead atoms. The van der Waals surface area contributed by atoms with Gasteiger partial charge in [0.25, 0.3) is 0 Å². The fraction of sp³-hybridized carbons (Fsp3) is 0.200. The molecular weight excluding hydrogens is 292 g/mol. The fourth-order valence-electron chi connectivity index (χ4n) is 1.98.